The largest absolute Gasteiger partial charge is 0.497 e. The van der Waals surface area contributed by atoms with E-state index < -0.39 is 0 Å². The maximum atomic E-state index is 5.35. The van der Waals surface area contributed by atoms with Gasteiger partial charge in [0.2, 0.25) is 0 Å². The van der Waals surface area contributed by atoms with Crippen LogP contribution in [0.4, 0.5) is 5.69 Å². The monoisotopic (exact) mass is 332 g/mol. The van der Waals surface area contributed by atoms with E-state index in [1.54, 1.807) is 13.3 Å². The molecule has 1 unspecified atom stereocenters. The average molecular weight is 333 g/mol. The topological polar surface area (TPSA) is 34.1 Å². The number of benzene rings is 1. The summed E-state index contributed by atoms with van der Waals surface area (Å²) in [6.07, 6.45) is 5.26. The number of nitrogens with zero attached hydrogens (tertiary/aromatic N) is 1. The molecular weight excluding hydrogens is 316 g/mol. The summed E-state index contributed by atoms with van der Waals surface area (Å²) in [6.45, 7) is 0. The van der Waals surface area contributed by atoms with E-state index in [0.29, 0.717) is 6.04 Å². The predicted molar refractivity (Wildman–Crippen MR) is 84.2 cm³/mol. The van der Waals surface area contributed by atoms with E-state index in [1.807, 2.05) is 18.2 Å². The number of hydrogen-bond donors (Lipinski definition) is 1. The predicted octanol–water partition coefficient (Wildman–Crippen LogP) is 4.34. The van der Waals surface area contributed by atoms with Crippen molar-refractivity contribution in [1.82, 2.24) is 4.98 Å². The highest BCUT2D eigenvalue weighted by molar-refractivity contribution is 9.10. The summed E-state index contributed by atoms with van der Waals surface area (Å²) in [5.74, 6) is 0.919. The molecule has 1 aromatic carbocycles. The fourth-order valence-electron chi connectivity index (χ4n) is 2.74. The third-order valence-corrected chi connectivity index (χ3v) is 4.39. The summed E-state index contributed by atoms with van der Waals surface area (Å²) in [7, 11) is 1.71. The number of rotatable bonds is 3. The van der Waals surface area contributed by atoms with Crippen molar-refractivity contribution < 1.29 is 4.74 Å². The number of nitrogens with one attached hydrogen (secondary N) is 1. The number of halogens is 1. The normalized spacial score (nSPS) is 17.4. The van der Waals surface area contributed by atoms with E-state index in [1.165, 1.54) is 17.5 Å². The zero-order valence-corrected chi connectivity index (χ0v) is 13.0. The number of ether oxygens (including phenoxy) is 1. The Kier molecular flexibility index (Phi) is 3.92. The molecule has 1 aliphatic rings. The molecule has 0 spiro atoms. The number of fused-ring (bicyclic) bond motifs is 1. The molecule has 4 heteroatoms. The number of methoxy groups -OCH3 is 1. The molecular formula is C16H17BrN2O. The summed E-state index contributed by atoms with van der Waals surface area (Å²) in [5, 5.41) is 3.59. The lowest BCUT2D eigenvalue weighted by Gasteiger charge is -2.28. The van der Waals surface area contributed by atoms with Crippen LogP contribution in [0.5, 0.6) is 5.75 Å². The van der Waals surface area contributed by atoms with Gasteiger partial charge in [-0.15, -0.1) is 0 Å². The Morgan fingerprint density at radius 1 is 1.35 bits per heavy atom. The second-order valence-electron chi connectivity index (χ2n) is 5.00. The molecule has 1 aliphatic carbocycles. The highest BCUT2D eigenvalue weighted by Crippen LogP contribution is 2.35. The highest BCUT2D eigenvalue weighted by Gasteiger charge is 2.21. The number of aryl methyl sites for hydroxylation is 1. The van der Waals surface area contributed by atoms with Gasteiger partial charge in [-0.25, -0.2) is 4.98 Å². The number of aromatic nitrogens is 1. The number of pyridine rings is 1. The first-order chi connectivity index (χ1) is 9.78. The van der Waals surface area contributed by atoms with Gasteiger partial charge >= 0.3 is 0 Å². The molecule has 0 amide bonds. The molecule has 1 N–H and O–H groups in total. The zero-order valence-electron chi connectivity index (χ0n) is 11.4. The number of anilines is 1. The van der Waals surface area contributed by atoms with Gasteiger partial charge in [-0.3, -0.25) is 0 Å². The van der Waals surface area contributed by atoms with Crippen molar-refractivity contribution >= 4 is 21.6 Å². The Bertz CT molecular complexity index is 615. The van der Waals surface area contributed by atoms with Crippen molar-refractivity contribution in [2.24, 2.45) is 0 Å². The zero-order chi connectivity index (χ0) is 13.9. The second-order valence-corrected chi connectivity index (χ2v) is 5.75. The Labute approximate surface area is 127 Å². The van der Waals surface area contributed by atoms with Gasteiger partial charge in [-0.2, -0.15) is 0 Å². The van der Waals surface area contributed by atoms with Crippen LogP contribution in [-0.2, 0) is 6.42 Å². The van der Waals surface area contributed by atoms with Gasteiger partial charge < -0.3 is 10.1 Å². The first kappa shape index (κ1) is 13.4. The summed E-state index contributed by atoms with van der Waals surface area (Å²) in [4.78, 5) is 4.26. The van der Waals surface area contributed by atoms with Crippen LogP contribution in [0.15, 0.2) is 41.1 Å². The first-order valence-corrected chi connectivity index (χ1v) is 7.61. The lowest BCUT2D eigenvalue weighted by atomic mass is 9.87. The molecule has 0 aliphatic heterocycles. The third-order valence-electron chi connectivity index (χ3n) is 3.76. The molecule has 0 saturated heterocycles. The van der Waals surface area contributed by atoms with E-state index in [2.05, 4.69) is 38.4 Å². The van der Waals surface area contributed by atoms with Crippen LogP contribution >= 0.6 is 15.9 Å². The smallest absolute Gasteiger partial charge is 0.129 e. The summed E-state index contributed by atoms with van der Waals surface area (Å²) >= 11 is 3.49. The summed E-state index contributed by atoms with van der Waals surface area (Å²) in [6, 6.07) is 10.7. The Morgan fingerprint density at radius 3 is 3.05 bits per heavy atom. The maximum absolute atomic E-state index is 5.35. The highest BCUT2D eigenvalue weighted by atomic mass is 79.9. The van der Waals surface area contributed by atoms with Crippen LogP contribution in [0.25, 0.3) is 0 Å². The molecule has 104 valence electrons. The molecule has 2 aromatic rings. The van der Waals surface area contributed by atoms with Crippen molar-refractivity contribution in [3.63, 3.8) is 0 Å². The van der Waals surface area contributed by atoms with Crippen molar-refractivity contribution in [3.8, 4) is 5.75 Å². The van der Waals surface area contributed by atoms with Gasteiger partial charge in [-0.05, 0) is 70.6 Å². The first-order valence-electron chi connectivity index (χ1n) is 6.82. The average Bonchev–Trinajstić information content (AvgIpc) is 2.49. The van der Waals surface area contributed by atoms with Gasteiger partial charge in [0.05, 0.1) is 18.8 Å². The fourth-order valence-corrected chi connectivity index (χ4v) is 3.10. The van der Waals surface area contributed by atoms with Crippen molar-refractivity contribution in [2.75, 3.05) is 12.4 Å². The summed E-state index contributed by atoms with van der Waals surface area (Å²) < 4.78 is 6.21. The maximum Gasteiger partial charge on any atom is 0.129 e. The molecule has 0 radical (unpaired) electrons. The molecule has 1 heterocycles. The van der Waals surface area contributed by atoms with Crippen molar-refractivity contribution in [2.45, 2.75) is 25.3 Å². The molecule has 0 bridgehead atoms. The molecule has 1 aromatic heterocycles. The Balaban J connectivity index is 1.91. The minimum atomic E-state index is 0.314. The summed E-state index contributed by atoms with van der Waals surface area (Å²) in [5.41, 5.74) is 3.79. The Hall–Kier alpha value is -1.55. The van der Waals surface area contributed by atoms with E-state index >= 15 is 0 Å². The van der Waals surface area contributed by atoms with Crippen LogP contribution in [0.3, 0.4) is 0 Å². The van der Waals surface area contributed by atoms with Crippen LogP contribution in [0.1, 0.15) is 30.0 Å². The van der Waals surface area contributed by atoms with E-state index in [9.17, 15) is 0 Å². The fraction of sp³-hybridized carbons (Fsp3) is 0.312. The SMILES string of the molecule is COc1ccc2c(c1)C(Nc1cccnc1Br)CCC2. The molecule has 1 atom stereocenters. The molecule has 3 nitrogen and oxygen atoms in total. The van der Waals surface area contributed by atoms with Gasteiger partial charge in [0.1, 0.15) is 10.4 Å². The van der Waals surface area contributed by atoms with Crippen molar-refractivity contribution in [3.05, 3.63) is 52.3 Å². The van der Waals surface area contributed by atoms with Gasteiger partial charge in [-0.1, -0.05) is 6.07 Å². The van der Waals surface area contributed by atoms with Crippen LogP contribution in [0, 0.1) is 0 Å². The molecule has 20 heavy (non-hydrogen) atoms. The van der Waals surface area contributed by atoms with Crippen LogP contribution in [0.2, 0.25) is 0 Å². The lowest BCUT2D eigenvalue weighted by Crippen LogP contribution is -2.17. The van der Waals surface area contributed by atoms with Crippen LogP contribution < -0.4 is 10.1 Å². The lowest BCUT2D eigenvalue weighted by molar-refractivity contribution is 0.413. The minimum absolute atomic E-state index is 0.314. The third kappa shape index (κ3) is 2.66. The van der Waals surface area contributed by atoms with E-state index in [0.717, 1.165) is 28.9 Å². The van der Waals surface area contributed by atoms with Gasteiger partial charge in [0.15, 0.2) is 0 Å². The van der Waals surface area contributed by atoms with Gasteiger partial charge in [0, 0.05) is 6.20 Å². The minimum Gasteiger partial charge on any atom is -0.497 e. The second kappa shape index (κ2) is 5.83. The standard InChI is InChI=1S/C16H17BrN2O/c1-20-12-8-7-11-4-2-5-14(13(11)10-12)19-15-6-3-9-18-16(15)17/h3,6-10,14,19H,2,4-5H2,1H3. The quantitative estimate of drug-likeness (QED) is 0.849. The van der Waals surface area contributed by atoms with E-state index in [-0.39, 0.29) is 0 Å². The molecule has 3 rings (SSSR count). The number of hydrogen-bond acceptors (Lipinski definition) is 3. The molecule has 0 fully saturated rings. The van der Waals surface area contributed by atoms with Crippen LogP contribution in [-0.4, -0.2) is 12.1 Å². The Morgan fingerprint density at radius 2 is 2.25 bits per heavy atom. The van der Waals surface area contributed by atoms with Gasteiger partial charge in [0.25, 0.3) is 0 Å². The van der Waals surface area contributed by atoms with E-state index in [4.69, 9.17) is 4.74 Å². The van der Waals surface area contributed by atoms with Crippen molar-refractivity contribution in [1.29, 1.82) is 0 Å². The molecule has 0 saturated carbocycles.